The number of nitrogens with zero attached hydrogens (tertiary/aromatic N) is 1. The second-order valence-corrected chi connectivity index (χ2v) is 3.56. The minimum absolute atomic E-state index is 0.922. The first kappa shape index (κ1) is 12.5. The van der Waals surface area contributed by atoms with Gasteiger partial charge in [-0.3, -0.25) is 0 Å². The van der Waals surface area contributed by atoms with Crippen molar-refractivity contribution in [3.8, 4) is 0 Å². The van der Waals surface area contributed by atoms with Crippen LogP contribution in [0.25, 0.3) is 0 Å². The van der Waals surface area contributed by atoms with Gasteiger partial charge in [0.05, 0.1) is 0 Å². The van der Waals surface area contributed by atoms with E-state index < -0.39 is 0 Å². The van der Waals surface area contributed by atoms with Gasteiger partial charge in [0.2, 0.25) is 0 Å². The third kappa shape index (κ3) is 11.5. The van der Waals surface area contributed by atoms with Crippen LogP contribution in [0.2, 0.25) is 0 Å². The van der Waals surface area contributed by atoms with Gasteiger partial charge in [0.1, 0.15) is 0 Å². The quantitative estimate of drug-likeness (QED) is 0.250. The van der Waals surface area contributed by atoms with E-state index in [0.29, 0.717) is 0 Å². The van der Waals surface area contributed by atoms with E-state index in [1.54, 1.807) is 6.21 Å². The average molecular weight is 185 g/mol. The normalized spacial score (nSPS) is 11.2. The molecule has 0 aromatic rings. The summed E-state index contributed by atoms with van der Waals surface area (Å²) in [6.45, 7) is 2.24. The lowest BCUT2D eigenvalue weighted by Gasteiger charge is -1.99. The van der Waals surface area contributed by atoms with Crippen LogP contribution in [-0.4, -0.2) is 11.4 Å². The number of unbranched alkanes of at least 4 members (excludes halogenated alkanes) is 8. The van der Waals surface area contributed by atoms with Crippen molar-refractivity contribution in [2.45, 2.75) is 64.7 Å². The van der Waals surface area contributed by atoms with Gasteiger partial charge in [0.15, 0.2) is 0 Å². The smallest absolute Gasteiger partial charge is 0.0435 e. The number of rotatable bonds is 9. The zero-order valence-corrected chi connectivity index (χ0v) is 8.84. The van der Waals surface area contributed by atoms with E-state index in [2.05, 4.69) is 12.1 Å². The van der Waals surface area contributed by atoms with Gasteiger partial charge in [-0.2, -0.15) is 0 Å². The van der Waals surface area contributed by atoms with Gasteiger partial charge in [-0.15, -0.1) is 5.16 Å². The van der Waals surface area contributed by atoms with E-state index in [0.717, 1.165) is 12.8 Å². The lowest BCUT2D eigenvalue weighted by atomic mass is 10.1. The molecule has 0 rings (SSSR count). The molecular formula is C11H23NO. The number of hydrogen-bond donors (Lipinski definition) is 1. The molecule has 0 unspecified atom stereocenters. The molecule has 0 atom stereocenters. The second-order valence-electron chi connectivity index (χ2n) is 3.56. The van der Waals surface area contributed by atoms with Gasteiger partial charge in [-0.05, 0) is 12.8 Å². The van der Waals surface area contributed by atoms with Crippen LogP contribution in [0.4, 0.5) is 0 Å². The summed E-state index contributed by atoms with van der Waals surface area (Å²) in [7, 11) is 0. The Bertz CT molecular complexity index is 113. The minimum atomic E-state index is 0.922. The fourth-order valence-corrected chi connectivity index (χ4v) is 1.43. The van der Waals surface area contributed by atoms with Crippen molar-refractivity contribution in [2.24, 2.45) is 5.16 Å². The molecule has 13 heavy (non-hydrogen) atoms. The fraction of sp³-hybridized carbons (Fsp3) is 0.909. The Kier molecular flexibility index (Phi) is 11.0. The van der Waals surface area contributed by atoms with Crippen molar-refractivity contribution in [3.05, 3.63) is 0 Å². The summed E-state index contributed by atoms with van der Waals surface area (Å²) in [6, 6.07) is 0. The van der Waals surface area contributed by atoms with Crippen molar-refractivity contribution in [2.75, 3.05) is 0 Å². The third-order valence-electron chi connectivity index (χ3n) is 2.27. The van der Waals surface area contributed by atoms with Crippen molar-refractivity contribution in [1.82, 2.24) is 0 Å². The molecule has 0 fully saturated rings. The maximum Gasteiger partial charge on any atom is 0.0435 e. The molecule has 0 aromatic carbocycles. The highest BCUT2D eigenvalue weighted by molar-refractivity contribution is 5.55. The maximum atomic E-state index is 8.14. The predicted molar refractivity (Wildman–Crippen MR) is 57.5 cm³/mol. The van der Waals surface area contributed by atoms with Crippen LogP contribution in [0.15, 0.2) is 5.16 Å². The molecule has 78 valence electrons. The average Bonchev–Trinajstić information content (AvgIpc) is 2.16. The van der Waals surface area contributed by atoms with Crippen LogP contribution in [0, 0.1) is 0 Å². The Balaban J connectivity index is 2.83. The SMILES string of the molecule is CCCCCCCCCCC=NO. The first-order valence-corrected chi connectivity index (χ1v) is 5.57. The lowest BCUT2D eigenvalue weighted by molar-refractivity contribution is 0.320. The number of hydrogen-bond acceptors (Lipinski definition) is 2. The highest BCUT2D eigenvalue weighted by atomic mass is 16.4. The molecule has 0 saturated carbocycles. The monoisotopic (exact) mass is 185 g/mol. The molecule has 0 spiro atoms. The zero-order chi connectivity index (χ0) is 9.78. The minimum Gasteiger partial charge on any atom is -0.411 e. The maximum absolute atomic E-state index is 8.14. The van der Waals surface area contributed by atoms with Crippen LogP contribution < -0.4 is 0 Å². The molecule has 0 radical (unpaired) electrons. The van der Waals surface area contributed by atoms with Gasteiger partial charge in [0.25, 0.3) is 0 Å². The van der Waals surface area contributed by atoms with E-state index in [-0.39, 0.29) is 0 Å². The molecule has 0 aliphatic rings. The summed E-state index contributed by atoms with van der Waals surface area (Å²) in [5, 5.41) is 11.1. The van der Waals surface area contributed by atoms with Crippen LogP contribution in [0.1, 0.15) is 64.7 Å². The van der Waals surface area contributed by atoms with Crippen molar-refractivity contribution >= 4 is 6.21 Å². The van der Waals surface area contributed by atoms with Crippen LogP contribution in [0.5, 0.6) is 0 Å². The third-order valence-corrected chi connectivity index (χ3v) is 2.27. The Morgan fingerprint density at radius 1 is 0.923 bits per heavy atom. The topological polar surface area (TPSA) is 32.6 Å². The summed E-state index contributed by atoms with van der Waals surface area (Å²) in [6.07, 6.45) is 13.2. The van der Waals surface area contributed by atoms with E-state index in [9.17, 15) is 0 Å². The number of oxime groups is 1. The van der Waals surface area contributed by atoms with E-state index in [1.807, 2.05) is 0 Å². The summed E-state index contributed by atoms with van der Waals surface area (Å²) in [5.74, 6) is 0. The molecular weight excluding hydrogens is 162 g/mol. The van der Waals surface area contributed by atoms with Gasteiger partial charge < -0.3 is 5.21 Å². The summed E-state index contributed by atoms with van der Waals surface area (Å²) in [5.41, 5.74) is 0. The molecule has 0 saturated heterocycles. The van der Waals surface area contributed by atoms with Gasteiger partial charge in [-0.1, -0.05) is 51.9 Å². The molecule has 1 N–H and O–H groups in total. The molecule has 2 nitrogen and oxygen atoms in total. The summed E-state index contributed by atoms with van der Waals surface area (Å²) >= 11 is 0. The van der Waals surface area contributed by atoms with Gasteiger partial charge in [-0.25, -0.2) is 0 Å². The highest BCUT2D eigenvalue weighted by Gasteiger charge is 1.90. The van der Waals surface area contributed by atoms with Crippen molar-refractivity contribution < 1.29 is 5.21 Å². The molecule has 2 heteroatoms. The first-order chi connectivity index (χ1) is 6.41. The second kappa shape index (κ2) is 11.5. The largest absolute Gasteiger partial charge is 0.411 e. The van der Waals surface area contributed by atoms with Crippen molar-refractivity contribution in [3.63, 3.8) is 0 Å². The fourth-order valence-electron chi connectivity index (χ4n) is 1.43. The Morgan fingerprint density at radius 3 is 2.00 bits per heavy atom. The van der Waals surface area contributed by atoms with Gasteiger partial charge in [0, 0.05) is 6.21 Å². The predicted octanol–water partition coefficient (Wildman–Crippen LogP) is 3.98. The van der Waals surface area contributed by atoms with Crippen molar-refractivity contribution in [1.29, 1.82) is 0 Å². The molecule has 0 heterocycles. The molecule has 0 aromatic heterocycles. The Morgan fingerprint density at radius 2 is 1.46 bits per heavy atom. The van der Waals surface area contributed by atoms with Crippen LogP contribution in [-0.2, 0) is 0 Å². The Hall–Kier alpha value is -0.530. The highest BCUT2D eigenvalue weighted by Crippen LogP contribution is 2.08. The zero-order valence-electron chi connectivity index (χ0n) is 8.84. The summed E-state index contributed by atoms with van der Waals surface area (Å²) < 4.78 is 0. The lowest BCUT2D eigenvalue weighted by Crippen LogP contribution is -1.81. The van der Waals surface area contributed by atoms with E-state index in [4.69, 9.17) is 5.21 Å². The van der Waals surface area contributed by atoms with E-state index in [1.165, 1.54) is 44.9 Å². The Labute approximate surface area is 82.0 Å². The van der Waals surface area contributed by atoms with Crippen LogP contribution >= 0.6 is 0 Å². The standard InChI is InChI=1S/C11H23NO/c1-2-3-4-5-6-7-8-9-10-11-12-13/h11,13H,2-10H2,1H3. The molecule has 0 bridgehead atoms. The van der Waals surface area contributed by atoms with E-state index >= 15 is 0 Å². The van der Waals surface area contributed by atoms with Crippen LogP contribution in [0.3, 0.4) is 0 Å². The first-order valence-electron chi connectivity index (χ1n) is 5.57. The molecule has 0 aliphatic heterocycles. The molecule has 0 amide bonds. The summed E-state index contributed by atoms with van der Waals surface area (Å²) in [4.78, 5) is 0. The molecule has 0 aliphatic carbocycles. The van der Waals surface area contributed by atoms with Gasteiger partial charge >= 0.3 is 0 Å².